The molecule has 2 heterocycles. The van der Waals surface area contributed by atoms with E-state index < -0.39 is 0 Å². The van der Waals surface area contributed by atoms with Gasteiger partial charge in [-0.2, -0.15) is 5.10 Å². The Kier molecular flexibility index (Phi) is 3.30. The molecule has 0 radical (unpaired) electrons. The highest BCUT2D eigenvalue weighted by Crippen LogP contribution is 2.33. The molecule has 1 aromatic rings. The highest BCUT2D eigenvalue weighted by molar-refractivity contribution is 5.32. The van der Waals surface area contributed by atoms with Crippen molar-refractivity contribution in [2.24, 2.45) is 7.05 Å². The van der Waals surface area contributed by atoms with Gasteiger partial charge in [0.1, 0.15) is 0 Å². The van der Waals surface area contributed by atoms with E-state index in [9.17, 15) is 0 Å². The summed E-state index contributed by atoms with van der Waals surface area (Å²) in [4.78, 5) is 0. The van der Waals surface area contributed by atoms with Gasteiger partial charge in [0.05, 0.1) is 5.69 Å². The summed E-state index contributed by atoms with van der Waals surface area (Å²) >= 11 is 0. The van der Waals surface area contributed by atoms with Gasteiger partial charge in [-0.25, -0.2) is 0 Å². The third-order valence-corrected chi connectivity index (χ3v) is 3.77. The van der Waals surface area contributed by atoms with Crippen LogP contribution in [-0.2, 0) is 12.5 Å². The summed E-state index contributed by atoms with van der Waals surface area (Å²) < 4.78 is 2.12. The number of hydrogen-bond acceptors (Lipinski definition) is 2. The molecule has 0 spiro atoms. The van der Waals surface area contributed by atoms with E-state index in [2.05, 4.69) is 44.7 Å². The zero-order valence-electron chi connectivity index (χ0n) is 11.8. The fourth-order valence-corrected chi connectivity index (χ4v) is 3.02. The smallest absolute Gasteiger partial charge is 0.0709 e. The Morgan fingerprint density at radius 1 is 1.24 bits per heavy atom. The maximum Gasteiger partial charge on any atom is 0.0709 e. The normalized spacial score (nSPS) is 18.6. The highest BCUT2D eigenvalue weighted by atomic mass is 15.3. The average Bonchev–Trinajstić information content (AvgIpc) is 2.55. The van der Waals surface area contributed by atoms with E-state index in [4.69, 9.17) is 5.10 Å². The third-order valence-electron chi connectivity index (χ3n) is 3.77. The van der Waals surface area contributed by atoms with Gasteiger partial charge in [-0.15, -0.1) is 0 Å². The number of nitrogens with one attached hydrogen (secondary N) is 1. The van der Waals surface area contributed by atoms with Crippen molar-refractivity contribution in [2.45, 2.75) is 51.9 Å². The fourth-order valence-electron chi connectivity index (χ4n) is 3.02. The summed E-state index contributed by atoms with van der Waals surface area (Å²) in [7, 11) is 2.10. The maximum atomic E-state index is 4.75. The van der Waals surface area contributed by atoms with E-state index in [1.54, 1.807) is 0 Å². The first-order valence-corrected chi connectivity index (χ1v) is 6.66. The second-order valence-corrected chi connectivity index (χ2v) is 6.26. The molecule has 3 nitrogen and oxygen atoms in total. The van der Waals surface area contributed by atoms with E-state index >= 15 is 0 Å². The lowest BCUT2D eigenvalue weighted by Crippen LogP contribution is -2.27. The number of rotatable bonds is 1. The van der Waals surface area contributed by atoms with Gasteiger partial charge in [0.2, 0.25) is 0 Å². The molecule has 0 atom stereocenters. The van der Waals surface area contributed by atoms with Crippen molar-refractivity contribution < 1.29 is 0 Å². The van der Waals surface area contributed by atoms with E-state index in [0.717, 1.165) is 13.1 Å². The maximum absolute atomic E-state index is 4.75. The predicted molar refractivity (Wildman–Crippen MR) is 71.5 cm³/mol. The molecule has 0 bridgehead atoms. The first-order chi connectivity index (χ1) is 7.91. The number of aryl methyl sites for hydroxylation is 1. The largest absolute Gasteiger partial charge is 0.317 e. The molecule has 0 saturated carbocycles. The quantitative estimate of drug-likeness (QED) is 0.810. The Labute approximate surface area is 105 Å². The van der Waals surface area contributed by atoms with Gasteiger partial charge < -0.3 is 5.32 Å². The Balaban J connectivity index is 2.37. The molecule has 0 unspecified atom stereocenters. The Hall–Kier alpha value is -0.830. The van der Waals surface area contributed by atoms with E-state index in [0.29, 0.717) is 5.92 Å². The van der Waals surface area contributed by atoms with E-state index in [-0.39, 0.29) is 5.41 Å². The number of aromatic nitrogens is 2. The molecule has 1 aliphatic heterocycles. The molecule has 0 aliphatic carbocycles. The van der Waals surface area contributed by atoms with Crippen LogP contribution in [0.5, 0.6) is 0 Å². The molecular weight excluding hydrogens is 210 g/mol. The van der Waals surface area contributed by atoms with Crippen LogP contribution in [0.4, 0.5) is 0 Å². The van der Waals surface area contributed by atoms with Crippen LogP contribution in [0.1, 0.15) is 56.5 Å². The zero-order chi connectivity index (χ0) is 12.6. The highest BCUT2D eigenvalue weighted by Gasteiger charge is 2.27. The molecule has 1 fully saturated rings. The van der Waals surface area contributed by atoms with Gasteiger partial charge in [0, 0.05) is 24.1 Å². The lowest BCUT2D eigenvalue weighted by atomic mass is 9.85. The van der Waals surface area contributed by atoms with Gasteiger partial charge >= 0.3 is 0 Å². The molecular formula is C14H25N3. The summed E-state index contributed by atoms with van der Waals surface area (Å²) in [6, 6.07) is 0. The Morgan fingerprint density at radius 2 is 1.82 bits per heavy atom. The van der Waals surface area contributed by atoms with Crippen LogP contribution >= 0.6 is 0 Å². The van der Waals surface area contributed by atoms with Gasteiger partial charge in [-0.1, -0.05) is 20.8 Å². The van der Waals surface area contributed by atoms with Crippen molar-refractivity contribution in [1.82, 2.24) is 15.1 Å². The van der Waals surface area contributed by atoms with Gasteiger partial charge in [-0.3, -0.25) is 4.68 Å². The van der Waals surface area contributed by atoms with Crippen LogP contribution in [0.25, 0.3) is 0 Å². The van der Waals surface area contributed by atoms with Crippen molar-refractivity contribution in [3.05, 3.63) is 17.0 Å². The van der Waals surface area contributed by atoms with Crippen LogP contribution in [0.2, 0.25) is 0 Å². The van der Waals surface area contributed by atoms with Crippen LogP contribution < -0.4 is 5.32 Å². The summed E-state index contributed by atoms with van der Waals surface area (Å²) in [6.07, 6.45) is 2.48. The number of nitrogens with zero attached hydrogens (tertiary/aromatic N) is 2. The first kappa shape index (κ1) is 12.6. The zero-order valence-corrected chi connectivity index (χ0v) is 11.8. The molecule has 0 aromatic carbocycles. The average molecular weight is 235 g/mol. The topological polar surface area (TPSA) is 29.9 Å². The molecule has 96 valence electrons. The minimum atomic E-state index is 0.146. The molecule has 0 amide bonds. The molecule has 3 heteroatoms. The second kappa shape index (κ2) is 4.45. The van der Waals surface area contributed by atoms with Gasteiger partial charge in [0.15, 0.2) is 0 Å². The minimum Gasteiger partial charge on any atom is -0.317 e. The lowest BCUT2D eigenvalue weighted by molar-refractivity contribution is 0.438. The standard InChI is InChI=1S/C14H25N3/c1-10-12(11-6-8-15-9-7-11)17(5)16-13(10)14(2,3)4/h11,15H,6-9H2,1-5H3. The third kappa shape index (κ3) is 2.39. The van der Waals surface area contributed by atoms with Crippen molar-refractivity contribution in [3.63, 3.8) is 0 Å². The second-order valence-electron chi connectivity index (χ2n) is 6.26. The minimum absolute atomic E-state index is 0.146. The first-order valence-electron chi connectivity index (χ1n) is 6.66. The summed E-state index contributed by atoms with van der Waals surface area (Å²) in [5, 5.41) is 8.18. The number of hydrogen-bond donors (Lipinski definition) is 1. The molecule has 1 aliphatic rings. The van der Waals surface area contributed by atoms with Crippen molar-refractivity contribution in [3.8, 4) is 0 Å². The summed E-state index contributed by atoms with van der Waals surface area (Å²) in [5.41, 5.74) is 4.27. The summed E-state index contributed by atoms with van der Waals surface area (Å²) in [5.74, 6) is 0.685. The van der Waals surface area contributed by atoms with Crippen LogP contribution in [0, 0.1) is 6.92 Å². The number of piperidine rings is 1. The monoisotopic (exact) mass is 235 g/mol. The van der Waals surface area contributed by atoms with Gasteiger partial charge in [-0.05, 0) is 38.4 Å². The molecule has 17 heavy (non-hydrogen) atoms. The molecule has 1 saturated heterocycles. The predicted octanol–water partition coefficient (Wildman–Crippen LogP) is 2.49. The van der Waals surface area contributed by atoms with Crippen molar-refractivity contribution in [2.75, 3.05) is 13.1 Å². The van der Waals surface area contributed by atoms with Crippen molar-refractivity contribution >= 4 is 0 Å². The van der Waals surface area contributed by atoms with Gasteiger partial charge in [0.25, 0.3) is 0 Å². The molecule has 1 aromatic heterocycles. The van der Waals surface area contributed by atoms with E-state index in [1.807, 2.05) is 0 Å². The SMILES string of the molecule is Cc1c(C(C)(C)C)nn(C)c1C1CCNCC1. The Bertz CT molecular complexity index is 392. The van der Waals surface area contributed by atoms with Crippen LogP contribution in [0.15, 0.2) is 0 Å². The van der Waals surface area contributed by atoms with E-state index in [1.165, 1.54) is 29.8 Å². The van der Waals surface area contributed by atoms with Crippen LogP contribution in [-0.4, -0.2) is 22.9 Å². The Morgan fingerprint density at radius 3 is 2.29 bits per heavy atom. The summed E-state index contributed by atoms with van der Waals surface area (Å²) in [6.45, 7) is 11.3. The van der Waals surface area contributed by atoms with Crippen molar-refractivity contribution in [1.29, 1.82) is 0 Å². The lowest BCUT2D eigenvalue weighted by Gasteiger charge is -2.24. The van der Waals surface area contributed by atoms with Crippen LogP contribution in [0.3, 0.4) is 0 Å². The molecule has 1 N–H and O–H groups in total. The fraction of sp³-hybridized carbons (Fsp3) is 0.786. The molecule has 2 rings (SSSR count).